The lowest BCUT2D eigenvalue weighted by molar-refractivity contribution is -0.107. The van der Waals surface area contributed by atoms with E-state index in [2.05, 4.69) is 0 Å². The largest absolute Gasteiger partial charge is 0.303 e. The van der Waals surface area contributed by atoms with Crippen molar-refractivity contribution in [1.29, 1.82) is 0 Å². The Hall–Kier alpha value is -0.380. The van der Waals surface area contributed by atoms with Crippen molar-refractivity contribution in [2.45, 2.75) is 19.3 Å². The summed E-state index contributed by atoms with van der Waals surface area (Å²) in [5.41, 5.74) is 0. The van der Waals surface area contributed by atoms with Crippen molar-refractivity contribution < 1.29 is 13.2 Å². The van der Waals surface area contributed by atoms with Gasteiger partial charge in [0.05, 0.1) is 0 Å². The fourth-order valence-electron chi connectivity index (χ4n) is 0.592. The van der Waals surface area contributed by atoms with Crippen LogP contribution in [0.3, 0.4) is 0 Å². The normalized spacial score (nSPS) is 11.3. The van der Waals surface area contributed by atoms with Gasteiger partial charge in [-0.05, 0) is 12.8 Å². The van der Waals surface area contributed by atoms with Crippen molar-refractivity contribution in [2.24, 2.45) is 0 Å². The summed E-state index contributed by atoms with van der Waals surface area (Å²) in [4.78, 5) is 9.78. The maximum Gasteiger partial charge on any atom is 0.147 e. The van der Waals surface area contributed by atoms with Crippen LogP contribution in [0.15, 0.2) is 0 Å². The second kappa shape index (κ2) is 4.44. The topological polar surface area (TPSA) is 51.2 Å². The average Bonchev–Trinajstić information content (AvgIpc) is 1.78. The van der Waals surface area contributed by atoms with Gasteiger partial charge in [-0.2, -0.15) is 0 Å². The lowest BCUT2D eigenvalue weighted by Crippen LogP contribution is -2.02. The highest BCUT2D eigenvalue weighted by Gasteiger charge is 1.99. The maximum atomic E-state index is 10.5. The summed E-state index contributed by atoms with van der Waals surface area (Å²) in [6.07, 6.45) is 3.75. The Morgan fingerprint density at radius 2 is 1.90 bits per heavy atom. The van der Waals surface area contributed by atoms with Gasteiger partial charge in [0, 0.05) is 18.4 Å². The molecule has 0 N–H and O–H groups in total. The molecule has 0 aliphatic carbocycles. The van der Waals surface area contributed by atoms with Gasteiger partial charge in [0.15, 0.2) is 0 Å². The molecule has 0 atom stereocenters. The van der Waals surface area contributed by atoms with Gasteiger partial charge in [-0.1, -0.05) is 0 Å². The van der Waals surface area contributed by atoms with Gasteiger partial charge < -0.3 is 4.79 Å². The first-order valence-corrected chi connectivity index (χ1v) is 5.23. The van der Waals surface area contributed by atoms with Crippen LogP contribution in [0.1, 0.15) is 19.3 Å². The molecule has 0 saturated carbocycles. The molecule has 0 rings (SSSR count). The molecule has 0 amide bonds. The first-order valence-electron chi connectivity index (χ1n) is 3.17. The fraction of sp³-hybridized carbons (Fsp3) is 0.833. The zero-order valence-corrected chi connectivity index (χ0v) is 6.86. The van der Waals surface area contributed by atoms with Crippen molar-refractivity contribution >= 4 is 16.1 Å². The number of unbranched alkanes of at least 4 members (excludes halogenated alkanes) is 2. The molecule has 60 valence electrons. The molecule has 0 heterocycles. The second-order valence-electron chi connectivity index (χ2n) is 2.29. The Balaban J connectivity index is 3.29. The van der Waals surface area contributed by atoms with Crippen LogP contribution in [0.2, 0.25) is 0 Å². The second-order valence-corrected chi connectivity index (χ2v) is 4.55. The van der Waals surface area contributed by atoms with E-state index in [1.54, 1.807) is 0 Å². The molecule has 0 aromatic carbocycles. The van der Waals surface area contributed by atoms with Crippen molar-refractivity contribution in [3.05, 3.63) is 0 Å². The van der Waals surface area contributed by atoms with Crippen molar-refractivity contribution in [1.82, 2.24) is 0 Å². The number of hydrogen-bond acceptors (Lipinski definition) is 3. The lowest BCUT2D eigenvalue weighted by atomic mass is 10.3. The Bertz CT molecular complexity index is 181. The van der Waals surface area contributed by atoms with E-state index < -0.39 is 9.84 Å². The Labute approximate surface area is 61.4 Å². The minimum atomic E-state index is -2.82. The summed E-state index contributed by atoms with van der Waals surface area (Å²) in [6.45, 7) is 0. The van der Waals surface area contributed by atoms with Gasteiger partial charge in [0.25, 0.3) is 0 Å². The molecule has 3 nitrogen and oxygen atoms in total. The summed E-state index contributed by atoms with van der Waals surface area (Å²) in [5, 5.41) is 0. The molecule has 0 radical (unpaired) electrons. The van der Waals surface area contributed by atoms with E-state index in [0.29, 0.717) is 19.3 Å². The molecule has 4 heteroatoms. The quantitative estimate of drug-likeness (QED) is 0.436. The van der Waals surface area contributed by atoms with Crippen molar-refractivity contribution in [2.75, 3.05) is 12.0 Å². The van der Waals surface area contributed by atoms with Crippen molar-refractivity contribution in [3.63, 3.8) is 0 Å². The number of hydrogen-bond donors (Lipinski definition) is 0. The highest BCUT2D eigenvalue weighted by atomic mass is 32.2. The molecule has 0 saturated heterocycles. The summed E-state index contributed by atoms with van der Waals surface area (Å²) >= 11 is 0. The van der Waals surface area contributed by atoms with Crippen LogP contribution in [0, 0.1) is 0 Å². The van der Waals surface area contributed by atoms with Crippen LogP contribution >= 0.6 is 0 Å². The molecule has 0 aromatic heterocycles. The molecule has 0 spiro atoms. The Kier molecular flexibility index (Phi) is 4.27. The number of sulfone groups is 1. The molecule has 0 unspecified atom stereocenters. The Morgan fingerprint density at radius 3 is 2.30 bits per heavy atom. The van der Waals surface area contributed by atoms with Gasteiger partial charge >= 0.3 is 0 Å². The smallest absolute Gasteiger partial charge is 0.147 e. The molecule has 10 heavy (non-hydrogen) atoms. The lowest BCUT2D eigenvalue weighted by Gasteiger charge is -1.93. The highest BCUT2D eigenvalue weighted by Crippen LogP contribution is 1.95. The van der Waals surface area contributed by atoms with Crippen LogP contribution in [-0.2, 0) is 14.6 Å². The number of carbonyl (C=O) groups is 1. The number of rotatable bonds is 5. The van der Waals surface area contributed by atoms with E-state index in [9.17, 15) is 13.2 Å². The van der Waals surface area contributed by atoms with Crippen molar-refractivity contribution in [3.8, 4) is 0 Å². The average molecular weight is 164 g/mol. The van der Waals surface area contributed by atoms with E-state index in [0.717, 1.165) is 6.29 Å². The van der Waals surface area contributed by atoms with Gasteiger partial charge in [-0.25, -0.2) is 8.42 Å². The minimum absolute atomic E-state index is 0.195. The summed E-state index contributed by atoms with van der Waals surface area (Å²) in [7, 11) is -2.82. The predicted molar refractivity (Wildman–Crippen MR) is 39.6 cm³/mol. The van der Waals surface area contributed by atoms with Gasteiger partial charge in [0.1, 0.15) is 16.1 Å². The summed E-state index contributed by atoms with van der Waals surface area (Å²) in [5.74, 6) is 0.195. The van der Waals surface area contributed by atoms with Crippen LogP contribution < -0.4 is 0 Å². The molecule has 0 aliphatic rings. The number of aldehydes is 1. The third kappa shape index (κ3) is 7.62. The fourth-order valence-corrected chi connectivity index (χ4v) is 1.32. The van der Waals surface area contributed by atoms with Crippen LogP contribution in [-0.4, -0.2) is 26.7 Å². The summed E-state index contributed by atoms with van der Waals surface area (Å²) in [6, 6.07) is 0. The third-order valence-corrected chi connectivity index (χ3v) is 2.12. The standard InChI is InChI=1S/C6H12O3S/c1-10(8,9)6-4-2-3-5-7/h5H,2-4,6H2,1H3. The van der Waals surface area contributed by atoms with E-state index in [-0.39, 0.29) is 5.75 Å². The highest BCUT2D eigenvalue weighted by molar-refractivity contribution is 7.90. The first-order chi connectivity index (χ1) is 4.56. The molecule has 0 bridgehead atoms. The van der Waals surface area contributed by atoms with Gasteiger partial charge in [0.2, 0.25) is 0 Å². The van der Waals surface area contributed by atoms with Crippen LogP contribution in [0.25, 0.3) is 0 Å². The molecular weight excluding hydrogens is 152 g/mol. The maximum absolute atomic E-state index is 10.5. The zero-order valence-electron chi connectivity index (χ0n) is 6.04. The molecule has 0 fully saturated rings. The van der Waals surface area contributed by atoms with Crippen LogP contribution in [0.5, 0.6) is 0 Å². The van der Waals surface area contributed by atoms with Gasteiger partial charge in [-0.15, -0.1) is 0 Å². The van der Waals surface area contributed by atoms with E-state index in [1.165, 1.54) is 6.26 Å². The summed E-state index contributed by atoms with van der Waals surface area (Å²) < 4.78 is 21.0. The predicted octanol–water partition coefficient (Wildman–Crippen LogP) is 0.400. The van der Waals surface area contributed by atoms with E-state index in [4.69, 9.17) is 0 Å². The van der Waals surface area contributed by atoms with Gasteiger partial charge in [-0.3, -0.25) is 0 Å². The third-order valence-electron chi connectivity index (χ3n) is 1.09. The first kappa shape index (κ1) is 9.62. The Morgan fingerprint density at radius 1 is 1.30 bits per heavy atom. The molecule has 0 aromatic rings. The SMILES string of the molecule is CS(=O)(=O)CCCCC=O. The van der Waals surface area contributed by atoms with E-state index in [1.807, 2.05) is 0 Å². The minimum Gasteiger partial charge on any atom is -0.303 e. The van der Waals surface area contributed by atoms with E-state index >= 15 is 0 Å². The zero-order chi connectivity index (χ0) is 8.04. The molecular formula is C6H12O3S. The van der Waals surface area contributed by atoms with Crippen LogP contribution in [0.4, 0.5) is 0 Å². The molecule has 0 aliphatic heterocycles. The monoisotopic (exact) mass is 164 g/mol. The number of carbonyl (C=O) groups excluding carboxylic acids is 1.